The van der Waals surface area contributed by atoms with E-state index in [1.807, 2.05) is 12.1 Å². The van der Waals surface area contributed by atoms with Gasteiger partial charge in [0.05, 0.1) is 24.2 Å². The molecule has 0 aliphatic rings. The lowest BCUT2D eigenvalue weighted by Gasteiger charge is -2.07. The lowest BCUT2D eigenvalue weighted by molar-refractivity contribution is 0.518. The van der Waals surface area contributed by atoms with Crippen LogP contribution in [0.1, 0.15) is 5.76 Å². The zero-order chi connectivity index (χ0) is 10.7. The quantitative estimate of drug-likeness (QED) is 0.785. The van der Waals surface area contributed by atoms with Gasteiger partial charge in [-0.2, -0.15) is 0 Å². The van der Waals surface area contributed by atoms with Gasteiger partial charge in [-0.25, -0.2) is 4.98 Å². The number of hydrogen-bond donors (Lipinski definition) is 2. The molecule has 2 aromatic rings. The third-order valence-corrected chi connectivity index (χ3v) is 2.28. The van der Waals surface area contributed by atoms with E-state index in [4.69, 9.17) is 21.8 Å². The van der Waals surface area contributed by atoms with Gasteiger partial charge in [0.1, 0.15) is 5.76 Å². The van der Waals surface area contributed by atoms with Crippen LogP contribution in [-0.2, 0) is 6.54 Å². The van der Waals surface area contributed by atoms with Crippen molar-refractivity contribution in [3.63, 3.8) is 0 Å². The molecule has 0 radical (unpaired) electrons. The molecule has 0 spiro atoms. The summed E-state index contributed by atoms with van der Waals surface area (Å²) in [6.45, 7) is 0.567. The molecule has 4 nitrogen and oxygen atoms in total. The standard InChI is InChI=1S/C10H10ClN3O/c11-10-9(12)8(3-4-13-10)14-6-7-2-1-5-15-7/h1-5H,6,12H2,(H,13,14). The third-order valence-electron chi connectivity index (χ3n) is 1.97. The number of pyridine rings is 1. The van der Waals surface area contributed by atoms with Crippen molar-refractivity contribution in [3.05, 3.63) is 41.6 Å². The predicted octanol–water partition coefficient (Wildman–Crippen LogP) is 2.52. The smallest absolute Gasteiger partial charge is 0.153 e. The molecule has 0 bridgehead atoms. The Morgan fingerprint density at radius 2 is 2.33 bits per heavy atom. The average Bonchev–Trinajstić information content (AvgIpc) is 2.73. The molecule has 3 N–H and O–H groups in total. The topological polar surface area (TPSA) is 64.1 Å². The molecule has 5 heteroatoms. The monoisotopic (exact) mass is 223 g/mol. The minimum Gasteiger partial charge on any atom is -0.467 e. The summed E-state index contributed by atoms with van der Waals surface area (Å²) in [5.41, 5.74) is 6.94. The van der Waals surface area contributed by atoms with Crippen molar-refractivity contribution < 1.29 is 4.42 Å². The highest BCUT2D eigenvalue weighted by molar-refractivity contribution is 6.32. The number of halogens is 1. The van der Waals surface area contributed by atoms with Crippen LogP contribution < -0.4 is 11.1 Å². The highest BCUT2D eigenvalue weighted by Crippen LogP contribution is 2.24. The molecule has 2 heterocycles. The number of nitrogens with two attached hydrogens (primary N) is 1. The summed E-state index contributed by atoms with van der Waals surface area (Å²) in [5, 5.41) is 3.42. The second kappa shape index (κ2) is 4.23. The summed E-state index contributed by atoms with van der Waals surface area (Å²) in [7, 11) is 0. The van der Waals surface area contributed by atoms with Crippen molar-refractivity contribution in [3.8, 4) is 0 Å². The molecule has 0 saturated heterocycles. The van der Waals surface area contributed by atoms with Gasteiger partial charge >= 0.3 is 0 Å². The van der Waals surface area contributed by atoms with E-state index in [1.165, 1.54) is 0 Å². The van der Waals surface area contributed by atoms with Gasteiger partial charge in [0.15, 0.2) is 5.15 Å². The Morgan fingerprint density at radius 3 is 3.07 bits per heavy atom. The van der Waals surface area contributed by atoms with Crippen molar-refractivity contribution >= 4 is 23.0 Å². The number of nitrogens with zero attached hydrogens (tertiary/aromatic N) is 1. The largest absolute Gasteiger partial charge is 0.467 e. The van der Waals surface area contributed by atoms with E-state index in [0.29, 0.717) is 17.4 Å². The molecule has 0 amide bonds. The summed E-state index contributed by atoms with van der Waals surface area (Å²) in [5.74, 6) is 0.835. The maximum Gasteiger partial charge on any atom is 0.153 e. The molecule has 78 valence electrons. The van der Waals surface area contributed by atoms with E-state index in [-0.39, 0.29) is 0 Å². The summed E-state index contributed by atoms with van der Waals surface area (Å²) in [6, 6.07) is 5.48. The average molecular weight is 224 g/mol. The van der Waals surface area contributed by atoms with Gasteiger partial charge in [0, 0.05) is 6.20 Å². The van der Waals surface area contributed by atoms with Gasteiger partial charge in [0.25, 0.3) is 0 Å². The molecule has 0 atom stereocenters. The van der Waals surface area contributed by atoms with E-state index in [9.17, 15) is 0 Å². The van der Waals surface area contributed by atoms with Crippen LogP contribution in [0.25, 0.3) is 0 Å². The fourth-order valence-corrected chi connectivity index (χ4v) is 1.36. The molecule has 0 aromatic carbocycles. The van der Waals surface area contributed by atoms with Crippen LogP contribution in [0.5, 0.6) is 0 Å². The van der Waals surface area contributed by atoms with E-state index < -0.39 is 0 Å². The highest BCUT2D eigenvalue weighted by atomic mass is 35.5. The molecular weight excluding hydrogens is 214 g/mol. The normalized spacial score (nSPS) is 10.2. The summed E-state index contributed by atoms with van der Waals surface area (Å²) in [4.78, 5) is 3.86. The summed E-state index contributed by atoms with van der Waals surface area (Å²) < 4.78 is 5.17. The summed E-state index contributed by atoms with van der Waals surface area (Å²) in [6.07, 6.45) is 3.23. The number of rotatable bonds is 3. The number of furan rings is 1. The number of nitrogens with one attached hydrogen (secondary N) is 1. The SMILES string of the molecule is Nc1c(NCc2ccco2)ccnc1Cl. The Labute approximate surface area is 92.1 Å². The molecule has 0 saturated carbocycles. The van der Waals surface area contributed by atoms with Crippen LogP contribution in [0, 0.1) is 0 Å². The first-order valence-electron chi connectivity index (χ1n) is 4.43. The van der Waals surface area contributed by atoms with Crippen LogP contribution in [0.15, 0.2) is 35.1 Å². The van der Waals surface area contributed by atoms with E-state index in [2.05, 4.69) is 10.3 Å². The maximum absolute atomic E-state index is 5.77. The first-order chi connectivity index (χ1) is 7.27. The lowest BCUT2D eigenvalue weighted by Crippen LogP contribution is -2.02. The number of hydrogen-bond acceptors (Lipinski definition) is 4. The minimum atomic E-state index is 0.305. The Hall–Kier alpha value is -1.68. The molecule has 0 unspecified atom stereocenters. The number of anilines is 2. The van der Waals surface area contributed by atoms with Gasteiger partial charge in [-0.1, -0.05) is 11.6 Å². The molecule has 2 rings (SSSR count). The van der Waals surface area contributed by atoms with E-state index >= 15 is 0 Å². The fraction of sp³-hybridized carbons (Fsp3) is 0.100. The summed E-state index contributed by atoms with van der Waals surface area (Å²) >= 11 is 5.77. The lowest BCUT2D eigenvalue weighted by atomic mass is 10.3. The second-order valence-electron chi connectivity index (χ2n) is 3.00. The van der Waals surface area contributed by atoms with Crippen molar-refractivity contribution in [2.75, 3.05) is 11.1 Å². The predicted molar refractivity (Wildman–Crippen MR) is 59.7 cm³/mol. The molecule has 0 aliphatic heterocycles. The Kier molecular flexibility index (Phi) is 2.78. The van der Waals surface area contributed by atoms with Crippen molar-refractivity contribution in [1.29, 1.82) is 0 Å². The zero-order valence-corrected chi connectivity index (χ0v) is 8.66. The zero-order valence-electron chi connectivity index (χ0n) is 7.90. The minimum absolute atomic E-state index is 0.305. The third kappa shape index (κ3) is 2.22. The fourth-order valence-electron chi connectivity index (χ4n) is 1.20. The van der Waals surface area contributed by atoms with E-state index in [1.54, 1.807) is 18.5 Å². The number of nitrogen functional groups attached to an aromatic ring is 1. The maximum atomic E-state index is 5.77. The second-order valence-corrected chi connectivity index (χ2v) is 3.35. The van der Waals surface area contributed by atoms with Crippen molar-refractivity contribution in [1.82, 2.24) is 4.98 Å². The molecular formula is C10H10ClN3O. The van der Waals surface area contributed by atoms with E-state index in [0.717, 1.165) is 11.4 Å². The van der Waals surface area contributed by atoms with Crippen LogP contribution in [0.2, 0.25) is 5.15 Å². The molecule has 0 fully saturated rings. The van der Waals surface area contributed by atoms with Gasteiger partial charge in [-0.3, -0.25) is 0 Å². The van der Waals surface area contributed by atoms with Gasteiger partial charge in [-0.05, 0) is 18.2 Å². The molecule has 0 aliphatic carbocycles. The Balaban J connectivity index is 2.08. The molecule has 2 aromatic heterocycles. The van der Waals surface area contributed by atoms with Crippen LogP contribution in [0.4, 0.5) is 11.4 Å². The van der Waals surface area contributed by atoms with Gasteiger partial charge in [0.2, 0.25) is 0 Å². The molecule has 15 heavy (non-hydrogen) atoms. The van der Waals surface area contributed by atoms with Crippen LogP contribution >= 0.6 is 11.6 Å². The van der Waals surface area contributed by atoms with Gasteiger partial charge in [-0.15, -0.1) is 0 Å². The Bertz CT molecular complexity index is 442. The Morgan fingerprint density at radius 1 is 1.47 bits per heavy atom. The van der Waals surface area contributed by atoms with Gasteiger partial charge < -0.3 is 15.5 Å². The first kappa shape index (κ1) is 9.86. The van der Waals surface area contributed by atoms with Crippen LogP contribution in [-0.4, -0.2) is 4.98 Å². The first-order valence-corrected chi connectivity index (χ1v) is 4.81. The highest BCUT2D eigenvalue weighted by Gasteiger charge is 2.03. The van der Waals surface area contributed by atoms with Crippen LogP contribution in [0.3, 0.4) is 0 Å². The van der Waals surface area contributed by atoms with Crippen molar-refractivity contribution in [2.24, 2.45) is 0 Å². The van der Waals surface area contributed by atoms with Crippen molar-refractivity contribution in [2.45, 2.75) is 6.54 Å². The number of aromatic nitrogens is 1.